The van der Waals surface area contributed by atoms with E-state index in [1.54, 1.807) is 0 Å². The molecule has 0 saturated heterocycles. The smallest absolute Gasteiger partial charge is 0.333 e. The van der Waals surface area contributed by atoms with E-state index in [9.17, 15) is 9.90 Å². The summed E-state index contributed by atoms with van der Waals surface area (Å²) in [6.45, 7) is -0.0328. The number of aliphatic hydroxyl groups excluding tert-OH is 1. The van der Waals surface area contributed by atoms with Gasteiger partial charge in [-0.2, -0.15) is 0 Å². The molecule has 0 unspecified atom stereocenters. The molecule has 6 heteroatoms. The van der Waals surface area contributed by atoms with Gasteiger partial charge in [0.1, 0.15) is 18.7 Å². The van der Waals surface area contributed by atoms with Crippen LogP contribution in [0.15, 0.2) is 42.2 Å². The van der Waals surface area contributed by atoms with Gasteiger partial charge in [0.25, 0.3) is 0 Å². The van der Waals surface area contributed by atoms with Gasteiger partial charge in [-0.3, -0.25) is 0 Å². The summed E-state index contributed by atoms with van der Waals surface area (Å²) in [5.74, 6) is -0.391. The molecule has 1 rings (SSSR count). The van der Waals surface area contributed by atoms with Crippen LogP contribution in [0.4, 0.5) is 0 Å². The number of carbonyl (C=O) groups excluding carboxylic acids is 1. The largest absolute Gasteiger partial charge is 0.498 e. The molecule has 0 spiro atoms. The van der Waals surface area contributed by atoms with E-state index in [1.807, 2.05) is 30.3 Å². The number of carbonyl (C=O) groups is 1. The lowest BCUT2D eigenvalue weighted by molar-refractivity contribution is -0.136. The van der Waals surface area contributed by atoms with Gasteiger partial charge in [0, 0.05) is 7.11 Å². The fourth-order valence-corrected chi connectivity index (χ4v) is 2.07. The normalized spacial score (nSPS) is 14.2. The lowest BCUT2D eigenvalue weighted by atomic mass is 10.0. The van der Waals surface area contributed by atoms with Crippen LogP contribution in [0, 0.1) is 0 Å². The number of ether oxygens (including phenoxy) is 4. The molecule has 2 atom stereocenters. The van der Waals surface area contributed by atoms with Gasteiger partial charge < -0.3 is 24.1 Å². The van der Waals surface area contributed by atoms with E-state index in [4.69, 9.17) is 14.2 Å². The summed E-state index contributed by atoms with van der Waals surface area (Å²) >= 11 is 0. The van der Waals surface area contributed by atoms with E-state index in [1.165, 1.54) is 21.3 Å². The van der Waals surface area contributed by atoms with Crippen molar-refractivity contribution in [2.45, 2.75) is 25.0 Å². The molecule has 0 aliphatic rings. The fraction of sp³-hybridized carbons (Fsp3) is 0.471. The Morgan fingerprint density at radius 3 is 2.43 bits per heavy atom. The molecule has 0 aliphatic carbocycles. The number of benzene rings is 1. The molecule has 1 N–H and O–H groups in total. The monoisotopic (exact) mass is 324 g/mol. The van der Waals surface area contributed by atoms with Crippen LogP contribution in [0.2, 0.25) is 0 Å². The highest BCUT2D eigenvalue weighted by Crippen LogP contribution is 2.17. The Bertz CT molecular complexity index is 485. The number of esters is 1. The van der Waals surface area contributed by atoms with Gasteiger partial charge in [-0.1, -0.05) is 30.3 Å². The minimum atomic E-state index is -0.860. The Hall–Kier alpha value is -1.89. The van der Waals surface area contributed by atoms with Crippen molar-refractivity contribution in [2.24, 2.45) is 0 Å². The van der Waals surface area contributed by atoms with Gasteiger partial charge in [0.15, 0.2) is 0 Å². The van der Waals surface area contributed by atoms with Crippen LogP contribution in [0.5, 0.6) is 0 Å². The van der Waals surface area contributed by atoms with Crippen molar-refractivity contribution in [3.05, 3.63) is 47.7 Å². The fourth-order valence-electron chi connectivity index (χ4n) is 2.07. The van der Waals surface area contributed by atoms with Gasteiger partial charge in [-0.15, -0.1) is 0 Å². The second kappa shape index (κ2) is 10.8. The average molecular weight is 324 g/mol. The zero-order valence-corrected chi connectivity index (χ0v) is 13.7. The molecule has 0 bridgehead atoms. The Labute approximate surface area is 136 Å². The maximum absolute atomic E-state index is 11.4. The molecule has 6 nitrogen and oxygen atoms in total. The summed E-state index contributed by atoms with van der Waals surface area (Å²) < 4.78 is 20.1. The molecule has 0 aromatic heterocycles. The van der Waals surface area contributed by atoms with Gasteiger partial charge in [0.05, 0.1) is 26.4 Å². The lowest BCUT2D eigenvalue weighted by Gasteiger charge is -2.24. The molecule has 1 aromatic rings. The van der Waals surface area contributed by atoms with Gasteiger partial charge in [0.2, 0.25) is 0 Å². The summed E-state index contributed by atoms with van der Waals surface area (Å²) in [5, 5.41) is 10.4. The second-order valence-electron chi connectivity index (χ2n) is 4.86. The zero-order valence-electron chi connectivity index (χ0n) is 13.7. The number of rotatable bonds is 10. The van der Waals surface area contributed by atoms with Crippen molar-refractivity contribution in [1.29, 1.82) is 0 Å². The van der Waals surface area contributed by atoms with E-state index in [0.717, 1.165) is 11.6 Å². The third-order valence-corrected chi connectivity index (χ3v) is 3.26. The third-order valence-electron chi connectivity index (χ3n) is 3.26. The molecule has 0 saturated carbocycles. The first-order chi connectivity index (χ1) is 11.1. The standard InChI is InChI=1S/C17H24O6/c1-20-12-23-17(15(21-2)11-16(19)22-3)14(18)10-9-13-7-5-4-6-8-13/h4-8,11,14,17-18H,9-10,12H2,1-3H3/b15-11-/t14-,17+/m0/s1. The molecule has 0 aliphatic heterocycles. The van der Waals surface area contributed by atoms with Crippen LogP contribution in [-0.2, 0) is 30.2 Å². The maximum Gasteiger partial charge on any atom is 0.333 e. The van der Waals surface area contributed by atoms with Gasteiger partial charge in [-0.05, 0) is 18.4 Å². The van der Waals surface area contributed by atoms with E-state index in [0.29, 0.717) is 12.8 Å². The first-order valence-corrected chi connectivity index (χ1v) is 7.28. The molecular formula is C17H24O6. The summed E-state index contributed by atoms with van der Waals surface area (Å²) in [6, 6.07) is 9.79. The van der Waals surface area contributed by atoms with Gasteiger partial charge in [-0.25, -0.2) is 4.79 Å². The molecule has 23 heavy (non-hydrogen) atoms. The lowest BCUT2D eigenvalue weighted by Crippen LogP contribution is -2.33. The maximum atomic E-state index is 11.4. The molecular weight excluding hydrogens is 300 g/mol. The summed E-state index contributed by atoms with van der Waals surface area (Å²) in [6.07, 6.45) is 0.597. The first-order valence-electron chi connectivity index (χ1n) is 7.28. The highest BCUT2D eigenvalue weighted by Gasteiger charge is 2.26. The van der Waals surface area contributed by atoms with E-state index in [2.05, 4.69) is 4.74 Å². The Balaban J connectivity index is 2.77. The quantitative estimate of drug-likeness (QED) is 0.305. The van der Waals surface area contributed by atoms with Crippen molar-refractivity contribution < 1.29 is 28.8 Å². The minimum absolute atomic E-state index is 0.0328. The predicted octanol–water partition coefficient (Wildman–Crippen LogP) is 1.67. The topological polar surface area (TPSA) is 74.2 Å². The summed E-state index contributed by atoms with van der Waals surface area (Å²) in [5.41, 5.74) is 1.10. The molecule has 0 heterocycles. The van der Waals surface area contributed by atoms with Crippen molar-refractivity contribution in [1.82, 2.24) is 0 Å². The number of methoxy groups -OCH3 is 3. The highest BCUT2D eigenvalue weighted by molar-refractivity contribution is 5.82. The minimum Gasteiger partial charge on any atom is -0.498 e. The Morgan fingerprint density at radius 1 is 1.17 bits per heavy atom. The van der Waals surface area contributed by atoms with Crippen LogP contribution >= 0.6 is 0 Å². The SMILES string of the molecule is COCO[C@@H](/C(=C/C(=O)OC)OC)[C@@H](O)CCc1ccccc1. The van der Waals surface area contributed by atoms with Crippen LogP contribution < -0.4 is 0 Å². The number of hydrogen-bond acceptors (Lipinski definition) is 6. The van der Waals surface area contributed by atoms with Crippen molar-refractivity contribution in [3.63, 3.8) is 0 Å². The van der Waals surface area contributed by atoms with Crippen LogP contribution in [-0.4, -0.2) is 51.4 Å². The second-order valence-corrected chi connectivity index (χ2v) is 4.86. The van der Waals surface area contributed by atoms with Crippen molar-refractivity contribution in [2.75, 3.05) is 28.1 Å². The van der Waals surface area contributed by atoms with Crippen LogP contribution in [0.3, 0.4) is 0 Å². The Morgan fingerprint density at radius 2 is 1.87 bits per heavy atom. The van der Waals surface area contributed by atoms with Crippen LogP contribution in [0.25, 0.3) is 0 Å². The molecule has 1 aromatic carbocycles. The number of aliphatic hydroxyl groups is 1. The molecule has 0 fully saturated rings. The summed E-state index contributed by atoms with van der Waals surface area (Å²) in [4.78, 5) is 11.4. The third kappa shape index (κ3) is 6.81. The number of hydrogen-bond donors (Lipinski definition) is 1. The van der Waals surface area contributed by atoms with E-state index >= 15 is 0 Å². The van der Waals surface area contributed by atoms with Crippen LogP contribution in [0.1, 0.15) is 12.0 Å². The van der Waals surface area contributed by atoms with Crippen molar-refractivity contribution >= 4 is 5.97 Å². The van der Waals surface area contributed by atoms with E-state index < -0.39 is 18.2 Å². The average Bonchev–Trinajstić information content (AvgIpc) is 2.59. The van der Waals surface area contributed by atoms with E-state index in [-0.39, 0.29) is 12.6 Å². The molecule has 0 amide bonds. The molecule has 128 valence electrons. The number of aryl methyl sites for hydroxylation is 1. The van der Waals surface area contributed by atoms with Crippen molar-refractivity contribution in [3.8, 4) is 0 Å². The predicted molar refractivity (Wildman–Crippen MR) is 84.6 cm³/mol. The van der Waals surface area contributed by atoms with Gasteiger partial charge >= 0.3 is 5.97 Å². The zero-order chi connectivity index (χ0) is 17.1. The highest BCUT2D eigenvalue weighted by atomic mass is 16.7. The first kappa shape index (κ1) is 19.2. The Kier molecular flexibility index (Phi) is 8.97. The molecule has 0 radical (unpaired) electrons. The summed E-state index contributed by atoms with van der Waals surface area (Å²) in [7, 11) is 4.15.